The van der Waals surface area contributed by atoms with Gasteiger partial charge in [-0.15, -0.1) is 0 Å². The van der Waals surface area contributed by atoms with Gasteiger partial charge in [0.2, 0.25) is 5.91 Å². The van der Waals surface area contributed by atoms with E-state index < -0.39 is 11.6 Å². The predicted molar refractivity (Wildman–Crippen MR) is 81.3 cm³/mol. The molecule has 0 saturated carbocycles. The number of rotatable bonds is 6. The zero-order valence-corrected chi connectivity index (χ0v) is 13.9. The molecule has 4 nitrogen and oxygen atoms in total. The summed E-state index contributed by atoms with van der Waals surface area (Å²) in [6.45, 7) is 13.1. The maximum absolute atomic E-state index is 12.2. The largest absolute Gasteiger partial charge is 0.458 e. The van der Waals surface area contributed by atoms with E-state index in [1.54, 1.807) is 6.92 Å². The monoisotopic (exact) mass is 283 g/mol. The molecule has 20 heavy (non-hydrogen) atoms. The van der Waals surface area contributed by atoms with Crippen LogP contribution in [0.2, 0.25) is 0 Å². The number of hydrogen-bond donors (Lipinski definition) is 1. The Balaban J connectivity index is 4.95. The minimum Gasteiger partial charge on any atom is -0.458 e. The van der Waals surface area contributed by atoms with Crippen molar-refractivity contribution < 1.29 is 14.3 Å². The van der Waals surface area contributed by atoms with Gasteiger partial charge in [-0.1, -0.05) is 33.3 Å². The van der Waals surface area contributed by atoms with Gasteiger partial charge in [0.25, 0.3) is 0 Å². The quantitative estimate of drug-likeness (QED) is 0.601. The summed E-state index contributed by atoms with van der Waals surface area (Å²) in [6.07, 6.45) is 3.43. The van der Waals surface area contributed by atoms with Crippen molar-refractivity contribution in [2.75, 3.05) is 0 Å². The highest BCUT2D eigenvalue weighted by Crippen LogP contribution is 2.15. The van der Waals surface area contributed by atoms with Crippen LogP contribution in [0.5, 0.6) is 0 Å². The Labute approximate surface area is 123 Å². The number of nitrogens with one attached hydrogen (secondary N) is 1. The summed E-state index contributed by atoms with van der Waals surface area (Å²) in [5, 5.41) is 2.79. The second-order valence-electron chi connectivity index (χ2n) is 6.17. The van der Waals surface area contributed by atoms with E-state index in [4.69, 9.17) is 4.74 Å². The number of allylic oxidation sites excluding steroid dienone is 1. The molecule has 0 aromatic rings. The molecule has 0 saturated heterocycles. The number of carbonyl (C=O) groups excluding carboxylic acids is 2. The van der Waals surface area contributed by atoms with Crippen LogP contribution in [0.15, 0.2) is 11.6 Å². The van der Waals surface area contributed by atoms with Crippen LogP contribution >= 0.6 is 0 Å². The lowest BCUT2D eigenvalue weighted by atomic mass is 9.98. The van der Waals surface area contributed by atoms with Crippen molar-refractivity contribution in [1.82, 2.24) is 5.32 Å². The Morgan fingerprint density at radius 2 is 1.80 bits per heavy atom. The first-order valence-electron chi connectivity index (χ1n) is 7.32. The van der Waals surface area contributed by atoms with Crippen LogP contribution in [0.3, 0.4) is 0 Å². The third-order valence-electron chi connectivity index (χ3n) is 3.03. The van der Waals surface area contributed by atoms with E-state index in [-0.39, 0.29) is 17.8 Å². The van der Waals surface area contributed by atoms with Crippen LogP contribution in [-0.4, -0.2) is 23.5 Å². The normalized spacial score (nSPS) is 15.4. The van der Waals surface area contributed by atoms with Crippen LogP contribution in [0.4, 0.5) is 0 Å². The van der Waals surface area contributed by atoms with E-state index in [2.05, 4.69) is 5.32 Å². The zero-order chi connectivity index (χ0) is 15.9. The average molecular weight is 283 g/mol. The topological polar surface area (TPSA) is 55.4 Å². The molecule has 2 atom stereocenters. The van der Waals surface area contributed by atoms with Crippen LogP contribution in [0.1, 0.15) is 61.3 Å². The van der Waals surface area contributed by atoms with Gasteiger partial charge >= 0.3 is 5.97 Å². The summed E-state index contributed by atoms with van der Waals surface area (Å²) >= 11 is 0. The molecule has 0 unspecified atom stereocenters. The van der Waals surface area contributed by atoms with Crippen molar-refractivity contribution in [3.05, 3.63) is 11.6 Å². The summed E-state index contributed by atoms with van der Waals surface area (Å²) in [5.41, 5.74) is 0.0753. The fourth-order valence-electron chi connectivity index (χ4n) is 1.69. The molecular formula is C16H29NO3. The minimum atomic E-state index is -0.605. The first kappa shape index (κ1) is 18.7. The van der Waals surface area contributed by atoms with Crippen molar-refractivity contribution in [2.24, 2.45) is 5.92 Å². The molecule has 0 aliphatic rings. The average Bonchev–Trinajstić information content (AvgIpc) is 2.32. The van der Waals surface area contributed by atoms with Crippen LogP contribution in [0, 0.1) is 5.92 Å². The van der Waals surface area contributed by atoms with E-state index >= 15 is 0 Å². The molecule has 0 rings (SSSR count). The van der Waals surface area contributed by atoms with Gasteiger partial charge in [-0.05, 0) is 40.0 Å². The van der Waals surface area contributed by atoms with Gasteiger partial charge in [0.1, 0.15) is 11.6 Å². The van der Waals surface area contributed by atoms with Crippen molar-refractivity contribution in [3.8, 4) is 0 Å². The van der Waals surface area contributed by atoms with Crippen molar-refractivity contribution in [3.63, 3.8) is 0 Å². The molecule has 0 spiro atoms. The van der Waals surface area contributed by atoms with E-state index in [1.165, 1.54) is 0 Å². The Morgan fingerprint density at radius 3 is 2.20 bits per heavy atom. The Kier molecular flexibility index (Phi) is 7.54. The highest BCUT2D eigenvalue weighted by atomic mass is 16.6. The fraction of sp³-hybridized carbons (Fsp3) is 0.750. The highest BCUT2D eigenvalue weighted by Gasteiger charge is 2.30. The van der Waals surface area contributed by atoms with Crippen LogP contribution in [0.25, 0.3) is 0 Å². The summed E-state index contributed by atoms with van der Waals surface area (Å²) in [6, 6.07) is -0.605. The standard InChI is InChI=1S/C16H29NO3/c1-8-10-12(4)14(18)17-13(11(3)9-2)15(19)20-16(5,6)7/h10-11,13H,8-9H2,1-7H3,(H,17,18)/b12-10-/t11-,13-/m0/s1. The molecule has 0 fully saturated rings. The molecule has 0 aromatic heterocycles. The molecule has 0 aromatic carbocycles. The number of hydrogen-bond acceptors (Lipinski definition) is 3. The third-order valence-corrected chi connectivity index (χ3v) is 3.03. The minimum absolute atomic E-state index is 0.0308. The lowest BCUT2D eigenvalue weighted by Gasteiger charge is -2.27. The summed E-state index contributed by atoms with van der Waals surface area (Å²) in [5.74, 6) is -0.546. The van der Waals surface area contributed by atoms with Gasteiger partial charge in [0, 0.05) is 5.57 Å². The number of ether oxygens (including phenoxy) is 1. The summed E-state index contributed by atoms with van der Waals surface area (Å²) in [7, 11) is 0. The van der Waals surface area contributed by atoms with E-state index in [0.29, 0.717) is 5.57 Å². The van der Waals surface area contributed by atoms with E-state index in [0.717, 1.165) is 12.8 Å². The van der Waals surface area contributed by atoms with Gasteiger partial charge in [0.15, 0.2) is 0 Å². The predicted octanol–water partition coefficient (Wildman–Crippen LogP) is 3.22. The van der Waals surface area contributed by atoms with Crippen LogP contribution < -0.4 is 5.32 Å². The summed E-state index contributed by atoms with van der Waals surface area (Å²) in [4.78, 5) is 24.3. The SMILES string of the molecule is CC/C=C(/C)C(=O)N[C@H](C(=O)OC(C)(C)C)[C@@H](C)CC. The molecule has 116 valence electrons. The molecule has 0 heterocycles. The molecule has 4 heteroatoms. The molecule has 0 radical (unpaired) electrons. The molecular weight excluding hydrogens is 254 g/mol. The first-order valence-corrected chi connectivity index (χ1v) is 7.32. The molecule has 0 aliphatic heterocycles. The molecule has 0 aliphatic carbocycles. The lowest BCUT2D eigenvalue weighted by Crippen LogP contribution is -2.48. The van der Waals surface area contributed by atoms with Gasteiger partial charge in [0.05, 0.1) is 0 Å². The Bertz CT molecular complexity index is 366. The van der Waals surface area contributed by atoms with Crippen molar-refractivity contribution in [1.29, 1.82) is 0 Å². The number of carbonyl (C=O) groups is 2. The Hall–Kier alpha value is -1.32. The smallest absolute Gasteiger partial charge is 0.329 e. The summed E-state index contributed by atoms with van der Waals surface area (Å²) < 4.78 is 5.39. The molecule has 1 N–H and O–H groups in total. The third kappa shape index (κ3) is 6.73. The van der Waals surface area contributed by atoms with Gasteiger partial charge in [-0.3, -0.25) is 4.79 Å². The van der Waals surface area contributed by atoms with E-state index in [1.807, 2.05) is 47.6 Å². The van der Waals surface area contributed by atoms with Crippen molar-refractivity contribution in [2.45, 2.75) is 73.0 Å². The second kappa shape index (κ2) is 8.08. The van der Waals surface area contributed by atoms with Crippen LogP contribution in [-0.2, 0) is 14.3 Å². The Morgan fingerprint density at radius 1 is 1.25 bits per heavy atom. The number of esters is 1. The van der Waals surface area contributed by atoms with Gasteiger partial charge < -0.3 is 10.1 Å². The van der Waals surface area contributed by atoms with Crippen molar-refractivity contribution >= 4 is 11.9 Å². The lowest BCUT2D eigenvalue weighted by molar-refractivity contribution is -0.160. The maximum atomic E-state index is 12.2. The highest BCUT2D eigenvalue weighted by molar-refractivity contribution is 5.95. The fourth-order valence-corrected chi connectivity index (χ4v) is 1.69. The van der Waals surface area contributed by atoms with Gasteiger partial charge in [-0.2, -0.15) is 0 Å². The van der Waals surface area contributed by atoms with Gasteiger partial charge in [-0.25, -0.2) is 4.79 Å². The van der Waals surface area contributed by atoms with E-state index in [9.17, 15) is 9.59 Å². The second-order valence-corrected chi connectivity index (χ2v) is 6.17. The zero-order valence-electron chi connectivity index (χ0n) is 13.9. The number of amides is 1. The maximum Gasteiger partial charge on any atom is 0.329 e. The molecule has 1 amide bonds. The first-order chi connectivity index (χ1) is 9.12. The molecule has 0 bridgehead atoms.